The molecular formula is C15H17F2NO3. The summed E-state index contributed by atoms with van der Waals surface area (Å²) >= 11 is 0. The minimum Gasteiger partial charge on any atom is -0.348 e. The maximum absolute atomic E-state index is 13.3. The molecule has 1 aromatic carbocycles. The molecule has 1 atom stereocenters. The fourth-order valence-electron chi connectivity index (χ4n) is 2.89. The molecule has 4 nitrogen and oxygen atoms in total. The molecule has 2 aliphatic rings. The summed E-state index contributed by atoms with van der Waals surface area (Å²) < 4.78 is 37.3. The number of ether oxygens (including phenoxy) is 2. The van der Waals surface area contributed by atoms with Gasteiger partial charge in [-0.3, -0.25) is 4.79 Å². The van der Waals surface area contributed by atoms with Crippen LogP contribution in [0.25, 0.3) is 0 Å². The van der Waals surface area contributed by atoms with Crippen molar-refractivity contribution in [3.05, 3.63) is 35.4 Å². The molecule has 0 N–H and O–H groups in total. The first kappa shape index (κ1) is 14.4. The molecule has 0 saturated carbocycles. The van der Waals surface area contributed by atoms with E-state index in [1.165, 1.54) is 6.07 Å². The van der Waals surface area contributed by atoms with Crippen LogP contribution in [0.15, 0.2) is 18.2 Å². The van der Waals surface area contributed by atoms with Gasteiger partial charge >= 0.3 is 0 Å². The number of halogens is 2. The Kier molecular flexibility index (Phi) is 4.17. The van der Waals surface area contributed by atoms with Crippen LogP contribution in [0.5, 0.6) is 0 Å². The summed E-state index contributed by atoms with van der Waals surface area (Å²) in [7, 11) is 0. The zero-order valence-electron chi connectivity index (χ0n) is 11.6. The van der Waals surface area contributed by atoms with Crippen LogP contribution >= 0.6 is 0 Å². The topological polar surface area (TPSA) is 38.8 Å². The van der Waals surface area contributed by atoms with Crippen molar-refractivity contribution in [1.29, 1.82) is 0 Å². The lowest BCUT2D eigenvalue weighted by molar-refractivity contribution is -0.100. The van der Waals surface area contributed by atoms with Gasteiger partial charge in [0.05, 0.1) is 19.3 Å². The maximum atomic E-state index is 13.3. The molecule has 0 aromatic heterocycles. The first-order valence-corrected chi connectivity index (χ1v) is 7.16. The van der Waals surface area contributed by atoms with E-state index in [4.69, 9.17) is 9.47 Å². The predicted octanol–water partition coefficient (Wildman–Crippen LogP) is 2.33. The third-order valence-electron chi connectivity index (χ3n) is 3.94. The van der Waals surface area contributed by atoms with Gasteiger partial charge in [-0.25, -0.2) is 8.78 Å². The maximum Gasteiger partial charge on any atom is 0.254 e. The molecule has 21 heavy (non-hydrogen) atoms. The minimum absolute atomic E-state index is 0.152. The number of carbonyl (C=O) groups is 1. The smallest absolute Gasteiger partial charge is 0.254 e. The molecule has 1 aromatic rings. The summed E-state index contributed by atoms with van der Waals surface area (Å²) in [6, 6.07) is 3.06. The first-order chi connectivity index (χ1) is 10.2. The normalized spacial score (nSPS) is 23.5. The number of nitrogens with zero attached hydrogens (tertiary/aromatic N) is 1. The van der Waals surface area contributed by atoms with E-state index in [-0.39, 0.29) is 17.5 Å². The Balaban J connectivity index is 1.81. The summed E-state index contributed by atoms with van der Waals surface area (Å²) in [5.74, 6) is -2.27. The van der Waals surface area contributed by atoms with Gasteiger partial charge < -0.3 is 14.4 Å². The molecule has 0 radical (unpaired) electrons. The number of carbonyl (C=O) groups excluding carboxylic acids is 1. The van der Waals surface area contributed by atoms with Gasteiger partial charge in [0.1, 0.15) is 0 Å². The third kappa shape index (κ3) is 2.91. The van der Waals surface area contributed by atoms with Crippen LogP contribution in [0.2, 0.25) is 0 Å². The molecule has 2 aliphatic heterocycles. The zero-order valence-corrected chi connectivity index (χ0v) is 11.6. The van der Waals surface area contributed by atoms with Crippen LogP contribution in [0.1, 0.15) is 29.6 Å². The van der Waals surface area contributed by atoms with Gasteiger partial charge in [0.2, 0.25) is 0 Å². The predicted molar refractivity (Wildman–Crippen MR) is 70.7 cm³/mol. The SMILES string of the molecule is O=C(c1ccc(F)c(F)c1)N1CCCCC1C1OCCO1. The average Bonchev–Trinajstić information content (AvgIpc) is 3.03. The monoisotopic (exact) mass is 297 g/mol. The second-order valence-corrected chi connectivity index (χ2v) is 5.30. The van der Waals surface area contributed by atoms with Gasteiger partial charge in [-0.05, 0) is 37.5 Å². The van der Waals surface area contributed by atoms with Gasteiger partial charge in [-0.1, -0.05) is 0 Å². The minimum atomic E-state index is -1.01. The first-order valence-electron chi connectivity index (χ1n) is 7.16. The molecule has 2 saturated heterocycles. The van der Waals surface area contributed by atoms with Crippen molar-refractivity contribution < 1.29 is 23.0 Å². The Bertz CT molecular complexity index is 532. The number of hydrogen-bond acceptors (Lipinski definition) is 3. The van der Waals surface area contributed by atoms with Crippen LogP contribution in [0, 0.1) is 11.6 Å². The molecule has 0 spiro atoms. The lowest BCUT2D eigenvalue weighted by Gasteiger charge is -2.38. The molecule has 114 valence electrons. The van der Waals surface area contributed by atoms with Crippen LogP contribution in [0.4, 0.5) is 8.78 Å². The fraction of sp³-hybridized carbons (Fsp3) is 0.533. The van der Waals surface area contributed by atoms with E-state index >= 15 is 0 Å². The number of hydrogen-bond donors (Lipinski definition) is 0. The molecule has 6 heteroatoms. The van der Waals surface area contributed by atoms with E-state index in [9.17, 15) is 13.6 Å². The number of piperidine rings is 1. The van der Waals surface area contributed by atoms with Crippen molar-refractivity contribution in [2.45, 2.75) is 31.6 Å². The van der Waals surface area contributed by atoms with E-state index in [2.05, 4.69) is 0 Å². The highest BCUT2D eigenvalue weighted by Gasteiger charge is 2.36. The van der Waals surface area contributed by atoms with E-state index in [0.29, 0.717) is 19.8 Å². The van der Waals surface area contributed by atoms with Crippen LogP contribution < -0.4 is 0 Å². The van der Waals surface area contributed by atoms with Crippen molar-refractivity contribution in [2.24, 2.45) is 0 Å². The second kappa shape index (κ2) is 6.07. The molecule has 0 bridgehead atoms. The van der Waals surface area contributed by atoms with E-state index in [0.717, 1.165) is 31.4 Å². The van der Waals surface area contributed by atoms with Gasteiger partial charge in [0.15, 0.2) is 17.9 Å². The van der Waals surface area contributed by atoms with Gasteiger partial charge in [-0.2, -0.15) is 0 Å². The number of rotatable bonds is 2. The molecule has 0 aliphatic carbocycles. The van der Waals surface area contributed by atoms with Crippen LogP contribution in [-0.2, 0) is 9.47 Å². The van der Waals surface area contributed by atoms with Gasteiger partial charge in [-0.15, -0.1) is 0 Å². The largest absolute Gasteiger partial charge is 0.348 e. The highest BCUT2D eigenvalue weighted by molar-refractivity contribution is 5.94. The Hall–Kier alpha value is -1.53. The summed E-state index contributed by atoms with van der Waals surface area (Å²) in [5.41, 5.74) is 0.152. The summed E-state index contributed by atoms with van der Waals surface area (Å²) in [6.45, 7) is 1.62. The molecule has 2 fully saturated rings. The number of amides is 1. The Morgan fingerprint density at radius 3 is 2.62 bits per heavy atom. The van der Waals surface area contributed by atoms with Crippen LogP contribution in [0.3, 0.4) is 0 Å². The lowest BCUT2D eigenvalue weighted by Crippen LogP contribution is -2.50. The Morgan fingerprint density at radius 2 is 1.90 bits per heavy atom. The molecule has 1 unspecified atom stereocenters. The molecule has 3 rings (SSSR count). The van der Waals surface area contributed by atoms with E-state index < -0.39 is 17.9 Å². The molecule has 1 amide bonds. The van der Waals surface area contributed by atoms with Crippen molar-refractivity contribution >= 4 is 5.91 Å². The second-order valence-electron chi connectivity index (χ2n) is 5.30. The summed E-state index contributed by atoms with van der Waals surface area (Å²) in [5, 5.41) is 0. The highest BCUT2D eigenvalue weighted by atomic mass is 19.2. The fourth-order valence-corrected chi connectivity index (χ4v) is 2.89. The van der Waals surface area contributed by atoms with Crippen LogP contribution in [-0.4, -0.2) is 42.9 Å². The number of benzene rings is 1. The number of likely N-dealkylation sites (tertiary alicyclic amines) is 1. The van der Waals surface area contributed by atoms with E-state index in [1.54, 1.807) is 4.90 Å². The standard InChI is InChI=1S/C15H17F2NO3/c16-11-5-4-10(9-12(11)17)14(19)18-6-2-1-3-13(18)15-20-7-8-21-15/h4-5,9,13,15H,1-3,6-8H2. The highest BCUT2D eigenvalue weighted by Crippen LogP contribution is 2.26. The van der Waals surface area contributed by atoms with Crippen molar-refractivity contribution in [1.82, 2.24) is 4.90 Å². The lowest BCUT2D eigenvalue weighted by atomic mass is 10.00. The van der Waals surface area contributed by atoms with Gasteiger partial charge in [0, 0.05) is 12.1 Å². The van der Waals surface area contributed by atoms with Crippen molar-refractivity contribution in [3.63, 3.8) is 0 Å². The van der Waals surface area contributed by atoms with Crippen molar-refractivity contribution in [2.75, 3.05) is 19.8 Å². The summed E-state index contributed by atoms with van der Waals surface area (Å²) in [4.78, 5) is 14.2. The average molecular weight is 297 g/mol. The Morgan fingerprint density at radius 1 is 1.14 bits per heavy atom. The molecule has 2 heterocycles. The third-order valence-corrected chi connectivity index (χ3v) is 3.94. The Labute approximate surface area is 121 Å². The zero-order chi connectivity index (χ0) is 14.8. The van der Waals surface area contributed by atoms with Gasteiger partial charge in [0.25, 0.3) is 5.91 Å². The van der Waals surface area contributed by atoms with Crippen molar-refractivity contribution in [3.8, 4) is 0 Å². The summed E-state index contributed by atoms with van der Waals surface area (Å²) in [6.07, 6.45) is 2.26. The molecular weight excluding hydrogens is 280 g/mol. The quantitative estimate of drug-likeness (QED) is 0.841. The van der Waals surface area contributed by atoms with E-state index in [1.807, 2.05) is 0 Å².